The van der Waals surface area contributed by atoms with Crippen LogP contribution in [0.15, 0.2) is 71.5 Å². The van der Waals surface area contributed by atoms with Crippen molar-refractivity contribution in [2.75, 3.05) is 0 Å². The minimum Gasteiger partial charge on any atom is -0.508 e. The fourth-order valence-corrected chi connectivity index (χ4v) is 2.73. The average molecular weight is 334 g/mol. The number of nitrogens with two attached hydrogens (primary N) is 1. The number of benzene rings is 2. The molecule has 0 radical (unpaired) electrons. The van der Waals surface area contributed by atoms with Crippen molar-refractivity contribution in [1.29, 1.82) is 0 Å². The van der Waals surface area contributed by atoms with Gasteiger partial charge in [-0.2, -0.15) is 0 Å². The zero-order valence-electron chi connectivity index (χ0n) is 13.5. The lowest BCUT2D eigenvalue weighted by molar-refractivity contribution is 0.291. The highest BCUT2D eigenvalue weighted by Gasteiger charge is 2.26. The van der Waals surface area contributed by atoms with E-state index in [1.807, 2.05) is 18.2 Å². The highest BCUT2D eigenvalue weighted by Crippen LogP contribution is 2.39. The molecule has 4 N–H and O–H groups in total. The lowest BCUT2D eigenvalue weighted by atomic mass is 9.91. The van der Waals surface area contributed by atoms with E-state index in [0.717, 1.165) is 16.7 Å². The quantitative estimate of drug-likeness (QED) is 0.590. The lowest BCUT2D eigenvalue weighted by Gasteiger charge is -2.28. The average Bonchev–Trinajstić information content (AvgIpc) is 2.61. The van der Waals surface area contributed by atoms with Crippen molar-refractivity contribution in [3.05, 3.63) is 77.6 Å². The number of fused-ring (bicyclic) bond motifs is 1. The largest absolute Gasteiger partial charge is 0.508 e. The first-order valence-electron chi connectivity index (χ1n) is 7.67. The highest BCUT2D eigenvalue weighted by molar-refractivity contribution is 5.89. The van der Waals surface area contributed by atoms with Crippen LogP contribution in [0, 0.1) is 0 Å². The third-order valence-corrected chi connectivity index (χ3v) is 3.87. The molecule has 1 aliphatic heterocycles. The molecule has 0 spiro atoms. The van der Waals surface area contributed by atoms with Crippen LogP contribution in [0.1, 0.15) is 11.1 Å². The van der Waals surface area contributed by atoms with Crippen LogP contribution in [0.2, 0.25) is 0 Å². The van der Waals surface area contributed by atoms with Crippen LogP contribution in [-0.4, -0.2) is 23.0 Å². The molecule has 2 aromatic carbocycles. The number of phenols is 2. The summed E-state index contributed by atoms with van der Waals surface area (Å²) < 4.78 is 6.12. The fourth-order valence-electron chi connectivity index (χ4n) is 2.73. The van der Waals surface area contributed by atoms with Crippen LogP contribution in [0.25, 0.3) is 11.6 Å². The topological polar surface area (TPSA) is 88.1 Å². The Bertz CT molecular complexity index is 880. The van der Waals surface area contributed by atoms with Crippen molar-refractivity contribution in [2.45, 2.75) is 6.10 Å². The van der Waals surface area contributed by atoms with Crippen LogP contribution in [-0.2, 0) is 0 Å². The third kappa shape index (κ3) is 3.40. The maximum Gasteiger partial charge on any atom is 0.151 e. The molecule has 0 aromatic heterocycles. The summed E-state index contributed by atoms with van der Waals surface area (Å²) >= 11 is 0. The maximum atomic E-state index is 9.73. The summed E-state index contributed by atoms with van der Waals surface area (Å²) in [7, 11) is 0. The summed E-state index contributed by atoms with van der Waals surface area (Å²) in [6, 6.07) is 11.8. The molecule has 2 aromatic rings. The number of aromatic hydroxyl groups is 2. The van der Waals surface area contributed by atoms with Gasteiger partial charge in [0.2, 0.25) is 0 Å². The van der Waals surface area contributed by atoms with Gasteiger partial charge in [-0.15, -0.1) is 0 Å². The molecule has 0 saturated heterocycles. The zero-order chi connectivity index (χ0) is 17.8. The number of aliphatic imine (C=N–C) groups is 1. The van der Waals surface area contributed by atoms with Crippen LogP contribution in [0.3, 0.4) is 0 Å². The third-order valence-electron chi connectivity index (χ3n) is 3.87. The molecule has 0 fully saturated rings. The van der Waals surface area contributed by atoms with Gasteiger partial charge in [-0.05, 0) is 54.9 Å². The van der Waals surface area contributed by atoms with Gasteiger partial charge in [0.15, 0.2) is 6.10 Å². The Kier molecular flexibility index (Phi) is 4.57. The maximum absolute atomic E-state index is 9.73. The van der Waals surface area contributed by atoms with Gasteiger partial charge >= 0.3 is 0 Å². The van der Waals surface area contributed by atoms with Gasteiger partial charge in [-0.3, -0.25) is 4.99 Å². The van der Waals surface area contributed by atoms with Crippen LogP contribution >= 0.6 is 0 Å². The summed E-state index contributed by atoms with van der Waals surface area (Å²) in [4.78, 5) is 3.83. The molecule has 0 aliphatic carbocycles. The van der Waals surface area contributed by atoms with Gasteiger partial charge in [0.05, 0.1) is 0 Å². The Balaban J connectivity index is 2.16. The van der Waals surface area contributed by atoms with Crippen molar-refractivity contribution < 1.29 is 14.9 Å². The molecule has 1 heterocycles. The second-order valence-electron chi connectivity index (χ2n) is 5.54. The van der Waals surface area contributed by atoms with E-state index in [4.69, 9.17) is 10.5 Å². The predicted molar refractivity (Wildman–Crippen MR) is 99.5 cm³/mol. The van der Waals surface area contributed by atoms with Gasteiger partial charge in [0.1, 0.15) is 17.2 Å². The molecule has 126 valence electrons. The smallest absolute Gasteiger partial charge is 0.151 e. The van der Waals surface area contributed by atoms with E-state index >= 15 is 0 Å². The normalized spacial score (nSPS) is 16.9. The van der Waals surface area contributed by atoms with Gasteiger partial charge in [-0.1, -0.05) is 12.1 Å². The first-order valence-corrected chi connectivity index (χ1v) is 7.67. The summed E-state index contributed by atoms with van der Waals surface area (Å²) in [5.41, 5.74) is 8.89. The number of ether oxygens (including phenoxy) is 1. The van der Waals surface area contributed by atoms with Crippen molar-refractivity contribution in [3.63, 3.8) is 0 Å². The van der Waals surface area contributed by atoms with Crippen molar-refractivity contribution in [3.8, 4) is 17.2 Å². The van der Waals surface area contributed by atoms with Crippen molar-refractivity contribution in [1.82, 2.24) is 0 Å². The van der Waals surface area contributed by atoms with Gasteiger partial charge < -0.3 is 20.7 Å². The highest BCUT2D eigenvalue weighted by atomic mass is 16.5. The predicted octanol–water partition coefficient (Wildman–Crippen LogP) is 3.46. The van der Waals surface area contributed by atoms with Crippen LogP contribution in [0.5, 0.6) is 17.2 Å². The van der Waals surface area contributed by atoms with Gasteiger partial charge in [-0.25, -0.2) is 0 Å². The Hall–Kier alpha value is -3.47. The van der Waals surface area contributed by atoms with Crippen molar-refractivity contribution >= 4 is 18.4 Å². The molecular weight excluding hydrogens is 316 g/mol. The monoisotopic (exact) mass is 334 g/mol. The number of rotatable bonds is 4. The first kappa shape index (κ1) is 16.4. The van der Waals surface area contributed by atoms with E-state index in [0.29, 0.717) is 11.3 Å². The number of phenolic OH excluding ortho intramolecular Hbond substituents is 2. The number of hydrogen-bond donors (Lipinski definition) is 3. The summed E-state index contributed by atoms with van der Waals surface area (Å²) in [6.45, 7) is 3.50. The fraction of sp³-hybridized carbons (Fsp3) is 0.0500. The molecule has 0 bridgehead atoms. The standard InChI is InChI=1S/C20H18N2O3/c1-22-12-15(8-9-21)20-18(13-2-5-16(23)6-3-13)10-14-4-7-17(24)11-19(14)25-20/h2-12,20,23-24H,1,21H2/b9-8-,15-12+. The second kappa shape index (κ2) is 6.97. The number of nitrogens with zero attached hydrogens (tertiary/aromatic N) is 1. The molecule has 5 nitrogen and oxygen atoms in total. The minimum absolute atomic E-state index is 0.126. The Morgan fingerprint density at radius 3 is 2.52 bits per heavy atom. The Morgan fingerprint density at radius 1 is 1.12 bits per heavy atom. The molecule has 1 atom stereocenters. The zero-order valence-corrected chi connectivity index (χ0v) is 13.5. The molecule has 5 heteroatoms. The second-order valence-corrected chi connectivity index (χ2v) is 5.54. The van der Waals surface area contributed by atoms with Gasteiger partial charge in [0.25, 0.3) is 0 Å². The van der Waals surface area contributed by atoms with Crippen molar-refractivity contribution in [2.24, 2.45) is 10.7 Å². The molecule has 0 amide bonds. The lowest BCUT2D eigenvalue weighted by Crippen LogP contribution is -2.23. The van der Waals surface area contributed by atoms with E-state index < -0.39 is 6.10 Å². The molecule has 25 heavy (non-hydrogen) atoms. The van der Waals surface area contributed by atoms with E-state index in [9.17, 15) is 10.2 Å². The summed E-state index contributed by atoms with van der Waals surface area (Å²) in [5, 5.41) is 19.3. The number of hydrogen-bond acceptors (Lipinski definition) is 5. The molecule has 1 aliphatic rings. The molecule has 3 rings (SSSR count). The summed E-state index contributed by atoms with van der Waals surface area (Å²) in [6.07, 6.45) is 6.19. The molecule has 0 saturated carbocycles. The Morgan fingerprint density at radius 2 is 1.84 bits per heavy atom. The summed E-state index contributed by atoms with van der Waals surface area (Å²) in [5.74, 6) is 0.877. The van der Waals surface area contributed by atoms with E-state index in [-0.39, 0.29) is 11.5 Å². The minimum atomic E-state index is -0.482. The van der Waals surface area contributed by atoms with E-state index in [1.165, 1.54) is 6.20 Å². The molecular formula is C20H18N2O3. The van der Waals surface area contributed by atoms with Crippen LogP contribution < -0.4 is 10.5 Å². The van der Waals surface area contributed by atoms with E-state index in [1.54, 1.807) is 42.6 Å². The Labute approximate surface area is 145 Å². The van der Waals surface area contributed by atoms with E-state index in [2.05, 4.69) is 11.7 Å². The van der Waals surface area contributed by atoms with Crippen LogP contribution in [0.4, 0.5) is 0 Å². The van der Waals surface area contributed by atoms with Gasteiger partial charge in [0, 0.05) is 29.0 Å². The SMILES string of the molecule is C=N/C=C(\C=C/N)C1Oc2cc(O)ccc2C=C1c1ccc(O)cc1. The molecule has 1 unspecified atom stereocenters. The first-order chi connectivity index (χ1) is 12.1.